The zero-order valence-electron chi connectivity index (χ0n) is 15.3. The predicted molar refractivity (Wildman–Crippen MR) is 104 cm³/mol. The van der Waals surface area contributed by atoms with Crippen LogP contribution in [0.25, 0.3) is 22.4 Å². The Labute approximate surface area is 163 Å². The molecule has 2 aromatic carbocycles. The second-order valence-electron chi connectivity index (χ2n) is 7.06. The van der Waals surface area contributed by atoms with E-state index in [0.717, 1.165) is 10.1 Å². The fourth-order valence-electron chi connectivity index (χ4n) is 3.25. The molecule has 0 unspecified atom stereocenters. The van der Waals surface area contributed by atoms with Crippen LogP contribution in [0.1, 0.15) is 23.8 Å². The number of aromatic amines is 1. The van der Waals surface area contributed by atoms with Crippen molar-refractivity contribution in [3.63, 3.8) is 0 Å². The van der Waals surface area contributed by atoms with E-state index in [4.69, 9.17) is 4.52 Å². The van der Waals surface area contributed by atoms with Crippen LogP contribution in [0.3, 0.4) is 0 Å². The first-order valence-corrected chi connectivity index (χ1v) is 9.11. The third-order valence-electron chi connectivity index (χ3n) is 5.00. The van der Waals surface area contributed by atoms with Gasteiger partial charge in [-0.25, -0.2) is 18.5 Å². The number of benzene rings is 2. The minimum atomic E-state index is -0.925. The van der Waals surface area contributed by atoms with Gasteiger partial charge >= 0.3 is 11.7 Å². The first-order valence-electron chi connectivity index (χ1n) is 9.11. The molecular weight excluding hydrogens is 377 g/mol. The lowest BCUT2D eigenvalue weighted by Crippen LogP contribution is -2.29. The van der Waals surface area contributed by atoms with Crippen LogP contribution in [-0.2, 0) is 0 Å². The molecule has 5 rings (SSSR count). The lowest BCUT2D eigenvalue weighted by Gasteiger charge is -2.10. The standard InChI is InChI=1S/C20H16FN5O3/c1-10-6-7-11(17-24-18(29-25-17)12-9-13(12)21)8-15(10)23-20(28)26-16-5-3-2-4-14(16)22-19(26)27/h2-8,12-13H,9H2,1H3,(H,22,27)(H,23,28)/t12-,13-/m0/s1. The summed E-state index contributed by atoms with van der Waals surface area (Å²) in [5, 5.41) is 6.67. The van der Waals surface area contributed by atoms with Gasteiger partial charge in [0, 0.05) is 11.3 Å². The number of rotatable bonds is 3. The fraction of sp³-hybridized carbons (Fsp3) is 0.200. The number of nitrogens with one attached hydrogen (secondary N) is 2. The maximum absolute atomic E-state index is 13.2. The highest BCUT2D eigenvalue weighted by atomic mass is 19.1. The Morgan fingerprint density at radius 3 is 2.90 bits per heavy atom. The third-order valence-corrected chi connectivity index (χ3v) is 5.00. The van der Waals surface area contributed by atoms with Crippen LogP contribution in [-0.4, -0.2) is 31.9 Å². The van der Waals surface area contributed by atoms with Gasteiger partial charge < -0.3 is 14.8 Å². The number of hydrogen-bond acceptors (Lipinski definition) is 5. The summed E-state index contributed by atoms with van der Waals surface area (Å²) in [5.74, 6) is 0.275. The van der Waals surface area contributed by atoms with E-state index in [-0.39, 0.29) is 11.8 Å². The van der Waals surface area contributed by atoms with Crippen molar-refractivity contribution in [1.29, 1.82) is 0 Å². The molecule has 0 aliphatic heterocycles. The van der Waals surface area contributed by atoms with Crippen molar-refractivity contribution >= 4 is 22.8 Å². The zero-order chi connectivity index (χ0) is 20.1. The quantitative estimate of drug-likeness (QED) is 0.553. The molecule has 2 aromatic heterocycles. The zero-order valence-corrected chi connectivity index (χ0v) is 15.3. The molecule has 0 saturated heterocycles. The molecule has 29 heavy (non-hydrogen) atoms. The van der Waals surface area contributed by atoms with Gasteiger partial charge in [0.05, 0.1) is 17.0 Å². The van der Waals surface area contributed by atoms with Crippen LogP contribution in [0, 0.1) is 6.92 Å². The van der Waals surface area contributed by atoms with Crippen molar-refractivity contribution < 1.29 is 13.7 Å². The van der Waals surface area contributed by atoms with Crippen LogP contribution in [0.5, 0.6) is 0 Å². The molecule has 1 saturated carbocycles. The number of amides is 1. The number of para-hydroxylation sites is 2. The van der Waals surface area contributed by atoms with Gasteiger partial charge in [-0.15, -0.1) is 0 Å². The van der Waals surface area contributed by atoms with Gasteiger partial charge in [0.15, 0.2) is 0 Å². The maximum Gasteiger partial charge on any atom is 0.334 e. The minimum absolute atomic E-state index is 0.281. The van der Waals surface area contributed by atoms with Gasteiger partial charge in [-0.05, 0) is 37.1 Å². The molecule has 9 heteroatoms. The molecule has 2 atom stereocenters. The Balaban J connectivity index is 1.46. The largest absolute Gasteiger partial charge is 0.339 e. The van der Waals surface area contributed by atoms with E-state index >= 15 is 0 Å². The molecular formula is C20H16FN5O3. The summed E-state index contributed by atoms with van der Waals surface area (Å²) in [7, 11) is 0. The number of aryl methyl sites for hydroxylation is 1. The Bertz CT molecular complexity index is 1300. The van der Waals surface area contributed by atoms with Gasteiger partial charge in [0.2, 0.25) is 11.7 Å². The van der Waals surface area contributed by atoms with Gasteiger partial charge in [-0.1, -0.05) is 29.4 Å². The summed E-state index contributed by atoms with van der Waals surface area (Å²) in [6.45, 7) is 1.83. The molecule has 146 valence electrons. The monoisotopic (exact) mass is 393 g/mol. The molecule has 2 N–H and O–H groups in total. The second kappa shape index (κ2) is 6.40. The average molecular weight is 393 g/mol. The van der Waals surface area contributed by atoms with Crippen LogP contribution < -0.4 is 11.0 Å². The molecule has 2 heterocycles. The number of halogens is 1. The lowest BCUT2D eigenvalue weighted by atomic mass is 10.1. The Hall–Kier alpha value is -3.75. The van der Waals surface area contributed by atoms with Crippen LogP contribution in [0.15, 0.2) is 51.8 Å². The summed E-state index contributed by atoms with van der Waals surface area (Å²) < 4.78 is 19.4. The number of carbonyl (C=O) groups excluding carboxylic acids is 1. The first-order chi connectivity index (χ1) is 14.0. The van der Waals surface area contributed by atoms with Gasteiger partial charge in [0.25, 0.3) is 0 Å². The van der Waals surface area contributed by atoms with E-state index in [1.165, 1.54) is 0 Å². The molecule has 4 aromatic rings. The molecule has 1 aliphatic rings. The normalized spacial score (nSPS) is 18.1. The number of H-pyrrole nitrogens is 1. The molecule has 8 nitrogen and oxygen atoms in total. The van der Waals surface area contributed by atoms with Crippen molar-refractivity contribution in [2.45, 2.75) is 25.4 Å². The average Bonchev–Trinajstić information content (AvgIpc) is 3.12. The fourth-order valence-corrected chi connectivity index (χ4v) is 3.25. The van der Waals surface area contributed by atoms with Crippen molar-refractivity contribution in [1.82, 2.24) is 19.7 Å². The van der Waals surface area contributed by atoms with E-state index < -0.39 is 17.9 Å². The van der Waals surface area contributed by atoms with Crippen LogP contribution in [0.2, 0.25) is 0 Å². The van der Waals surface area contributed by atoms with Crippen LogP contribution >= 0.6 is 0 Å². The van der Waals surface area contributed by atoms with Crippen LogP contribution in [0.4, 0.5) is 14.9 Å². The number of carbonyl (C=O) groups is 1. The summed E-state index contributed by atoms with van der Waals surface area (Å²) in [4.78, 5) is 31.9. The molecule has 0 bridgehead atoms. The Morgan fingerprint density at radius 2 is 2.10 bits per heavy atom. The first kappa shape index (κ1) is 17.4. The molecule has 1 fully saturated rings. The number of fused-ring (bicyclic) bond motifs is 1. The highest BCUT2D eigenvalue weighted by molar-refractivity contribution is 5.97. The highest BCUT2D eigenvalue weighted by Gasteiger charge is 2.43. The SMILES string of the molecule is Cc1ccc(-c2noc([C@H]3C[C@@H]3F)n2)cc1NC(=O)n1c(=O)[nH]c2ccccc21. The molecule has 1 amide bonds. The number of aromatic nitrogens is 4. The number of nitrogens with zero attached hydrogens (tertiary/aromatic N) is 3. The maximum atomic E-state index is 13.2. The Kier molecular flexibility index (Phi) is 3.83. The van der Waals surface area contributed by atoms with E-state index in [9.17, 15) is 14.0 Å². The van der Waals surface area contributed by atoms with E-state index in [1.54, 1.807) is 42.5 Å². The van der Waals surface area contributed by atoms with E-state index in [0.29, 0.717) is 34.5 Å². The predicted octanol–water partition coefficient (Wildman–Crippen LogP) is 3.59. The summed E-state index contributed by atoms with van der Waals surface area (Å²) in [6, 6.07) is 11.6. The van der Waals surface area contributed by atoms with Crippen molar-refractivity contribution in [3.8, 4) is 11.4 Å². The summed E-state index contributed by atoms with van der Waals surface area (Å²) in [5.41, 5.74) is 2.45. The van der Waals surface area contributed by atoms with E-state index in [2.05, 4.69) is 20.4 Å². The summed E-state index contributed by atoms with van der Waals surface area (Å²) >= 11 is 0. The van der Waals surface area contributed by atoms with Gasteiger partial charge in [-0.2, -0.15) is 4.98 Å². The van der Waals surface area contributed by atoms with Gasteiger partial charge in [-0.3, -0.25) is 0 Å². The number of alkyl halides is 1. The molecule has 0 spiro atoms. The lowest BCUT2D eigenvalue weighted by molar-refractivity contribution is 0.253. The second-order valence-corrected chi connectivity index (χ2v) is 7.06. The van der Waals surface area contributed by atoms with Crippen molar-refractivity contribution in [3.05, 3.63) is 64.4 Å². The van der Waals surface area contributed by atoms with Crippen molar-refractivity contribution in [2.24, 2.45) is 0 Å². The van der Waals surface area contributed by atoms with Gasteiger partial charge in [0.1, 0.15) is 6.17 Å². The smallest absolute Gasteiger partial charge is 0.334 e. The number of anilines is 1. The molecule has 1 aliphatic carbocycles. The third kappa shape index (κ3) is 3.00. The van der Waals surface area contributed by atoms with E-state index in [1.807, 2.05) is 6.92 Å². The summed E-state index contributed by atoms with van der Waals surface area (Å²) in [6.07, 6.45) is -0.526. The van der Waals surface area contributed by atoms with Crippen molar-refractivity contribution in [2.75, 3.05) is 5.32 Å². The topological polar surface area (TPSA) is 106 Å². The number of imidazole rings is 1. The highest BCUT2D eigenvalue weighted by Crippen LogP contribution is 2.43. The Morgan fingerprint density at radius 1 is 1.31 bits per heavy atom. The molecule has 0 radical (unpaired) electrons. The number of hydrogen-bond donors (Lipinski definition) is 2. The minimum Gasteiger partial charge on any atom is -0.339 e.